The minimum Gasteiger partial charge on any atom is -0.387 e. The lowest BCUT2D eigenvalue weighted by atomic mass is 10.1. The summed E-state index contributed by atoms with van der Waals surface area (Å²) in [6.07, 6.45) is -4.86. The van der Waals surface area contributed by atoms with Crippen LogP contribution in [-0.2, 0) is 0 Å². The number of halogens is 4. The highest BCUT2D eigenvalue weighted by atomic mass is 32.2. The van der Waals surface area contributed by atoms with Crippen LogP contribution in [0.25, 0.3) is 0 Å². The number of β-amino-alcohol motifs (C(OH)–C–C–N with tert-alkyl or cyclic N) is 1. The number of aryl methyl sites for hydroxylation is 1. The highest BCUT2D eigenvalue weighted by molar-refractivity contribution is 7.99. The van der Waals surface area contributed by atoms with E-state index in [-0.39, 0.29) is 0 Å². The number of benzene rings is 2. The van der Waals surface area contributed by atoms with Crippen LogP contribution in [0.4, 0.5) is 23.2 Å². The van der Waals surface area contributed by atoms with Gasteiger partial charge in [0, 0.05) is 37.6 Å². The molecule has 3 nitrogen and oxygen atoms in total. The molecule has 0 spiro atoms. The van der Waals surface area contributed by atoms with Crippen LogP contribution in [0.5, 0.6) is 0 Å². The molecule has 1 saturated heterocycles. The molecule has 0 amide bonds. The summed E-state index contributed by atoms with van der Waals surface area (Å²) in [5.41, 5.74) is 1.69. The highest BCUT2D eigenvalue weighted by Gasteiger charge is 2.28. The van der Waals surface area contributed by atoms with Gasteiger partial charge in [0.1, 0.15) is 5.82 Å². The van der Waals surface area contributed by atoms with E-state index >= 15 is 0 Å². The molecule has 1 aliphatic rings. The van der Waals surface area contributed by atoms with Crippen molar-refractivity contribution in [1.82, 2.24) is 4.90 Å². The van der Waals surface area contributed by atoms with E-state index in [0.29, 0.717) is 60.6 Å². The van der Waals surface area contributed by atoms with Crippen LogP contribution in [0.1, 0.15) is 17.2 Å². The highest BCUT2D eigenvalue weighted by Crippen LogP contribution is 2.34. The molecule has 2 aromatic carbocycles. The summed E-state index contributed by atoms with van der Waals surface area (Å²) in [5.74, 6) is -1.42. The number of thioether (sulfide) groups is 1. The maximum absolute atomic E-state index is 14.5. The van der Waals surface area contributed by atoms with Crippen LogP contribution in [0.2, 0.25) is 0 Å². The van der Waals surface area contributed by atoms with E-state index in [1.165, 1.54) is 12.1 Å². The number of aliphatic hydroxyl groups excluding tert-OH is 1. The first-order valence-electron chi connectivity index (χ1n) is 9.43. The van der Waals surface area contributed by atoms with Crippen molar-refractivity contribution in [1.29, 1.82) is 0 Å². The van der Waals surface area contributed by atoms with Gasteiger partial charge in [-0.1, -0.05) is 30.3 Å². The van der Waals surface area contributed by atoms with Gasteiger partial charge in [-0.2, -0.15) is 13.2 Å². The third-order valence-corrected chi connectivity index (χ3v) is 6.19. The minimum absolute atomic E-state index is 0.337. The number of aliphatic hydroxyl groups is 1. The Balaban J connectivity index is 1.61. The molecule has 0 aromatic heterocycles. The van der Waals surface area contributed by atoms with Crippen LogP contribution in [0.3, 0.4) is 0 Å². The fourth-order valence-corrected chi connectivity index (χ4v) is 4.20. The SMILES string of the molecule is Cc1cc(F)c(N2CCN(CC(O)c3ccccc3)CC2)cc1SCC(F)(F)F. The topological polar surface area (TPSA) is 26.7 Å². The van der Waals surface area contributed by atoms with Crippen molar-refractivity contribution < 1.29 is 22.7 Å². The Kier molecular flexibility index (Phi) is 7.08. The maximum atomic E-state index is 14.5. The van der Waals surface area contributed by atoms with E-state index in [2.05, 4.69) is 4.90 Å². The average Bonchev–Trinajstić information content (AvgIpc) is 2.68. The summed E-state index contributed by atoms with van der Waals surface area (Å²) in [5, 5.41) is 10.4. The van der Waals surface area contributed by atoms with Gasteiger partial charge in [-0.3, -0.25) is 4.90 Å². The number of alkyl halides is 3. The zero-order chi connectivity index (χ0) is 21.0. The Morgan fingerprint density at radius 1 is 1.07 bits per heavy atom. The van der Waals surface area contributed by atoms with Gasteiger partial charge in [0.2, 0.25) is 0 Å². The predicted octanol–water partition coefficient (Wildman–Crippen LogP) is 4.64. The Bertz CT molecular complexity index is 808. The molecule has 1 unspecified atom stereocenters. The monoisotopic (exact) mass is 428 g/mol. The van der Waals surface area contributed by atoms with Gasteiger partial charge in [0.15, 0.2) is 0 Å². The number of hydrogen-bond donors (Lipinski definition) is 1. The number of piperazine rings is 1. The molecule has 0 aliphatic carbocycles. The van der Waals surface area contributed by atoms with Crippen molar-refractivity contribution in [3.63, 3.8) is 0 Å². The molecule has 158 valence electrons. The second-order valence-electron chi connectivity index (χ2n) is 7.19. The lowest BCUT2D eigenvalue weighted by Gasteiger charge is -2.37. The molecular formula is C21H24F4N2OS. The molecule has 29 heavy (non-hydrogen) atoms. The fourth-order valence-electron chi connectivity index (χ4n) is 3.40. The van der Waals surface area contributed by atoms with E-state index in [1.54, 1.807) is 6.92 Å². The second-order valence-corrected chi connectivity index (χ2v) is 8.20. The largest absolute Gasteiger partial charge is 0.398 e. The molecular weight excluding hydrogens is 404 g/mol. The molecule has 1 N–H and O–H groups in total. The summed E-state index contributed by atoms with van der Waals surface area (Å²) in [6.45, 7) is 4.48. The standard InChI is InChI=1S/C21H24F4N2OS/c1-15-11-17(22)18(12-20(15)29-14-21(23,24)25)27-9-7-26(8-10-27)13-19(28)16-5-3-2-4-6-16/h2-6,11-12,19,28H,7-10,13-14H2,1H3. The molecule has 3 rings (SSSR count). The van der Waals surface area contributed by atoms with Crippen LogP contribution in [0.15, 0.2) is 47.4 Å². The lowest BCUT2D eigenvalue weighted by Crippen LogP contribution is -2.47. The third-order valence-electron chi connectivity index (χ3n) is 4.96. The first-order chi connectivity index (χ1) is 13.7. The van der Waals surface area contributed by atoms with E-state index in [4.69, 9.17) is 0 Å². The number of anilines is 1. The molecule has 1 aliphatic heterocycles. The molecule has 0 bridgehead atoms. The summed E-state index contributed by atoms with van der Waals surface area (Å²) in [7, 11) is 0. The summed E-state index contributed by atoms with van der Waals surface area (Å²) in [4.78, 5) is 4.41. The Labute approximate surface area is 172 Å². The number of nitrogens with zero attached hydrogens (tertiary/aromatic N) is 2. The zero-order valence-corrected chi connectivity index (χ0v) is 16.9. The first kappa shape index (κ1) is 21.9. The smallest absolute Gasteiger partial charge is 0.387 e. The van der Waals surface area contributed by atoms with Crippen LogP contribution < -0.4 is 4.90 Å². The summed E-state index contributed by atoms with van der Waals surface area (Å²) in [6, 6.07) is 12.2. The van der Waals surface area contributed by atoms with Gasteiger partial charge in [0.05, 0.1) is 17.5 Å². The van der Waals surface area contributed by atoms with Gasteiger partial charge in [-0.15, -0.1) is 11.8 Å². The normalized spacial score (nSPS) is 16.8. The third kappa shape index (κ3) is 6.10. The van der Waals surface area contributed by atoms with Crippen molar-refractivity contribution in [3.05, 3.63) is 59.4 Å². The van der Waals surface area contributed by atoms with Gasteiger partial charge >= 0.3 is 6.18 Å². The van der Waals surface area contributed by atoms with Crippen molar-refractivity contribution in [3.8, 4) is 0 Å². The number of rotatable bonds is 6. The van der Waals surface area contributed by atoms with Gasteiger partial charge in [0.25, 0.3) is 0 Å². The van der Waals surface area contributed by atoms with E-state index < -0.39 is 23.9 Å². The van der Waals surface area contributed by atoms with Gasteiger partial charge in [-0.25, -0.2) is 4.39 Å². The average molecular weight is 428 g/mol. The summed E-state index contributed by atoms with van der Waals surface area (Å²) >= 11 is 0.686. The van der Waals surface area contributed by atoms with Crippen molar-refractivity contribution in [2.75, 3.05) is 43.4 Å². The molecule has 1 fully saturated rings. The molecule has 1 heterocycles. The lowest BCUT2D eigenvalue weighted by molar-refractivity contribution is -0.105. The zero-order valence-electron chi connectivity index (χ0n) is 16.1. The predicted molar refractivity (Wildman–Crippen MR) is 108 cm³/mol. The number of hydrogen-bond acceptors (Lipinski definition) is 4. The maximum Gasteiger partial charge on any atom is 0.398 e. The van der Waals surface area contributed by atoms with Gasteiger partial charge in [-0.05, 0) is 30.2 Å². The molecule has 0 saturated carbocycles. The first-order valence-corrected chi connectivity index (χ1v) is 10.4. The van der Waals surface area contributed by atoms with E-state index in [0.717, 1.165) is 5.56 Å². The Hall–Kier alpha value is -1.77. The van der Waals surface area contributed by atoms with Crippen molar-refractivity contribution in [2.24, 2.45) is 0 Å². The van der Waals surface area contributed by atoms with Crippen molar-refractivity contribution >= 4 is 17.4 Å². The molecule has 1 atom stereocenters. The Morgan fingerprint density at radius 2 is 1.72 bits per heavy atom. The fraction of sp³-hybridized carbons (Fsp3) is 0.429. The van der Waals surface area contributed by atoms with Crippen LogP contribution in [-0.4, -0.2) is 54.7 Å². The Morgan fingerprint density at radius 3 is 2.34 bits per heavy atom. The van der Waals surface area contributed by atoms with Crippen LogP contribution in [0, 0.1) is 12.7 Å². The van der Waals surface area contributed by atoms with Crippen molar-refractivity contribution in [2.45, 2.75) is 24.1 Å². The van der Waals surface area contributed by atoms with Gasteiger partial charge < -0.3 is 10.0 Å². The minimum atomic E-state index is -4.27. The quantitative estimate of drug-likeness (QED) is 0.536. The molecule has 0 radical (unpaired) electrons. The van der Waals surface area contributed by atoms with E-state index in [1.807, 2.05) is 35.2 Å². The van der Waals surface area contributed by atoms with E-state index in [9.17, 15) is 22.7 Å². The summed E-state index contributed by atoms with van der Waals surface area (Å²) < 4.78 is 52.1. The van der Waals surface area contributed by atoms with Crippen LogP contribution >= 0.6 is 11.8 Å². The molecule has 8 heteroatoms. The molecule has 2 aromatic rings. The second kappa shape index (κ2) is 9.36.